The summed E-state index contributed by atoms with van der Waals surface area (Å²) in [5.41, 5.74) is 0.541. The Morgan fingerprint density at radius 3 is 2.20 bits per heavy atom. The maximum Gasteiger partial charge on any atom is 0.418 e. The molecule has 1 aromatic heterocycles. The highest BCUT2D eigenvalue weighted by atomic mass is 32.2. The number of benzene rings is 1. The van der Waals surface area contributed by atoms with Crippen LogP contribution in [0, 0.1) is 6.92 Å². The molecule has 1 heterocycles. The molecule has 0 aliphatic rings. The topological polar surface area (TPSA) is 42.0 Å². The van der Waals surface area contributed by atoms with Crippen molar-refractivity contribution in [2.75, 3.05) is 0 Å². The molecule has 0 amide bonds. The van der Waals surface area contributed by atoms with E-state index in [4.69, 9.17) is 0 Å². The molecule has 1 aromatic carbocycles. The molecule has 0 saturated carbocycles. The van der Waals surface area contributed by atoms with Gasteiger partial charge in [0.1, 0.15) is 0 Å². The van der Waals surface area contributed by atoms with Crippen molar-refractivity contribution in [3.63, 3.8) is 0 Å². The van der Waals surface area contributed by atoms with Crippen LogP contribution in [-0.4, -0.2) is 13.9 Å². The van der Waals surface area contributed by atoms with Gasteiger partial charge in [-0.3, -0.25) is 4.98 Å². The van der Waals surface area contributed by atoms with Crippen LogP contribution in [0.3, 0.4) is 0 Å². The summed E-state index contributed by atoms with van der Waals surface area (Å²) in [6, 6.07) is 8.37. The zero-order valence-corrected chi connectivity index (χ0v) is 15.3. The number of aryl methyl sites for hydroxylation is 1. The van der Waals surface area contributed by atoms with Gasteiger partial charge in [-0.05, 0) is 45.4 Å². The highest BCUT2D eigenvalue weighted by Crippen LogP contribution is 2.36. The van der Waals surface area contributed by atoms with Gasteiger partial charge in [-0.25, -0.2) is 8.93 Å². The summed E-state index contributed by atoms with van der Waals surface area (Å²) in [4.78, 5) is 3.96. The van der Waals surface area contributed by atoms with E-state index in [0.717, 1.165) is 11.6 Å². The third-order valence-corrected chi connectivity index (χ3v) is 5.17. The molecule has 2 aromatic rings. The quantitative estimate of drug-likeness (QED) is 0.858. The summed E-state index contributed by atoms with van der Waals surface area (Å²) < 4.78 is 55.0. The number of halogens is 3. The smallest absolute Gasteiger partial charge is 0.259 e. The van der Waals surface area contributed by atoms with Crippen molar-refractivity contribution >= 4 is 11.0 Å². The van der Waals surface area contributed by atoms with Gasteiger partial charge in [0.25, 0.3) is 0 Å². The third-order valence-electron chi connectivity index (χ3n) is 3.61. The molecule has 0 bridgehead atoms. The summed E-state index contributed by atoms with van der Waals surface area (Å²) in [5, 5.41) is 0. The maximum atomic E-state index is 13.4. The number of rotatable bonds is 4. The van der Waals surface area contributed by atoms with Gasteiger partial charge >= 0.3 is 6.18 Å². The zero-order valence-electron chi connectivity index (χ0n) is 14.5. The van der Waals surface area contributed by atoms with Crippen molar-refractivity contribution in [1.82, 2.24) is 9.71 Å². The molecule has 1 N–H and O–H groups in total. The minimum atomic E-state index is -4.54. The first kappa shape index (κ1) is 19.6. The number of pyridine rings is 1. The maximum absolute atomic E-state index is 13.4. The fourth-order valence-corrected chi connectivity index (χ4v) is 3.03. The summed E-state index contributed by atoms with van der Waals surface area (Å²) in [5.74, 6) is 0. The minimum absolute atomic E-state index is 0.184. The molecule has 0 fully saturated rings. The Hall–Kier alpha value is -1.73. The van der Waals surface area contributed by atoms with Crippen molar-refractivity contribution in [3.8, 4) is 0 Å². The third kappa shape index (κ3) is 4.89. The van der Waals surface area contributed by atoms with E-state index in [0.29, 0.717) is 5.56 Å². The molecule has 7 heteroatoms. The molecule has 3 nitrogen and oxygen atoms in total. The first-order valence-corrected chi connectivity index (χ1v) is 8.92. The summed E-state index contributed by atoms with van der Waals surface area (Å²) >= 11 is 0. The van der Waals surface area contributed by atoms with Gasteiger partial charge in [-0.2, -0.15) is 13.2 Å². The largest absolute Gasteiger partial charge is 0.418 e. The molecule has 0 radical (unpaired) electrons. The molecule has 2 atom stereocenters. The first-order valence-electron chi connectivity index (χ1n) is 7.77. The van der Waals surface area contributed by atoms with Crippen LogP contribution in [0.2, 0.25) is 0 Å². The second-order valence-corrected chi connectivity index (χ2v) is 8.77. The molecule has 0 spiro atoms. The average molecular weight is 370 g/mol. The van der Waals surface area contributed by atoms with Gasteiger partial charge in [0, 0.05) is 6.20 Å². The summed E-state index contributed by atoms with van der Waals surface area (Å²) in [6.07, 6.45) is -3.23. The van der Waals surface area contributed by atoms with Crippen molar-refractivity contribution in [1.29, 1.82) is 0 Å². The summed E-state index contributed by atoms with van der Waals surface area (Å²) in [6.45, 7) is 7.16. The van der Waals surface area contributed by atoms with Crippen LogP contribution in [0.15, 0.2) is 42.6 Å². The van der Waals surface area contributed by atoms with E-state index in [9.17, 15) is 17.4 Å². The van der Waals surface area contributed by atoms with Crippen LogP contribution in [-0.2, 0) is 17.2 Å². The highest BCUT2D eigenvalue weighted by Gasteiger charge is 2.37. The molecule has 136 valence electrons. The van der Waals surface area contributed by atoms with Crippen LogP contribution in [0.25, 0.3) is 0 Å². The van der Waals surface area contributed by atoms with E-state index in [2.05, 4.69) is 9.71 Å². The standard InChI is InChI=1S/C18H21F3N2OS/c1-12-7-9-13(10-8-12)15(23-25(24)17(2,3)4)16-14(18(19,20)21)6-5-11-22-16/h5-11,15,23H,1-4H3. The van der Waals surface area contributed by atoms with Crippen LogP contribution in [0.1, 0.15) is 49.2 Å². The van der Waals surface area contributed by atoms with Crippen LogP contribution in [0.5, 0.6) is 0 Å². The van der Waals surface area contributed by atoms with Gasteiger partial charge in [-0.1, -0.05) is 29.8 Å². The Morgan fingerprint density at radius 1 is 1.08 bits per heavy atom. The molecule has 25 heavy (non-hydrogen) atoms. The Balaban J connectivity index is 2.56. The Labute approximate surface area is 148 Å². The van der Waals surface area contributed by atoms with E-state index in [-0.39, 0.29) is 5.69 Å². The van der Waals surface area contributed by atoms with Gasteiger partial charge in [-0.15, -0.1) is 0 Å². The van der Waals surface area contributed by atoms with Crippen molar-refractivity contribution in [2.24, 2.45) is 0 Å². The van der Waals surface area contributed by atoms with E-state index >= 15 is 0 Å². The fourth-order valence-electron chi connectivity index (χ4n) is 2.21. The van der Waals surface area contributed by atoms with Crippen molar-refractivity contribution in [2.45, 2.75) is 44.7 Å². The van der Waals surface area contributed by atoms with Gasteiger partial charge in [0.2, 0.25) is 0 Å². The molecule has 2 rings (SSSR count). The predicted octanol–water partition coefficient (Wildman–Crippen LogP) is 4.55. The summed E-state index contributed by atoms with van der Waals surface area (Å²) in [7, 11) is -1.57. The number of nitrogens with zero attached hydrogens (tertiary/aromatic N) is 1. The molecule has 0 saturated heterocycles. The second-order valence-electron chi connectivity index (χ2n) is 6.78. The predicted molar refractivity (Wildman–Crippen MR) is 93.3 cm³/mol. The molecule has 0 aliphatic carbocycles. The number of alkyl halides is 3. The van der Waals surface area contributed by atoms with E-state index in [1.807, 2.05) is 6.92 Å². The van der Waals surface area contributed by atoms with Crippen LogP contribution in [0.4, 0.5) is 13.2 Å². The minimum Gasteiger partial charge on any atom is -0.259 e. The van der Waals surface area contributed by atoms with Gasteiger partial charge in [0.05, 0.1) is 33.0 Å². The normalized spacial score (nSPS) is 15.0. The molecular formula is C18H21F3N2OS. The zero-order chi connectivity index (χ0) is 18.8. The van der Waals surface area contributed by atoms with E-state index in [1.54, 1.807) is 45.0 Å². The van der Waals surface area contributed by atoms with Crippen molar-refractivity contribution < 1.29 is 17.4 Å². The first-order chi connectivity index (χ1) is 11.5. The molecule has 2 unspecified atom stereocenters. The molecular weight excluding hydrogens is 349 g/mol. The number of hydrogen-bond acceptors (Lipinski definition) is 2. The average Bonchev–Trinajstić information content (AvgIpc) is 2.51. The lowest BCUT2D eigenvalue weighted by atomic mass is 9.99. The lowest BCUT2D eigenvalue weighted by Gasteiger charge is -2.26. The van der Waals surface area contributed by atoms with Crippen LogP contribution < -0.4 is 4.72 Å². The monoisotopic (exact) mass is 370 g/mol. The second kappa shape index (κ2) is 7.25. The van der Waals surface area contributed by atoms with Crippen molar-refractivity contribution in [3.05, 3.63) is 65.0 Å². The lowest BCUT2D eigenvalue weighted by molar-refractivity contribution is -0.138. The van der Waals surface area contributed by atoms with E-state index in [1.165, 1.54) is 12.3 Å². The fraction of sp³-hybridized carbons (Fsp3) is 0.389. The Morgan fingerprint density at radius 2 is 1.68 bits per heavy atom. The number of hydrogen-bond donors (Lipinski definition) is 1. The Bertz CT molecular complexity index is 752. The van der Waals surface area contributed by atoms with Gasteiger partial charge in [0.15, 0.2) is 0 Å². The lowest BCUT2D eigenvalue weighted by Crippen LogP contribution is -2.37. The number of nitrogens with one attached hydrogen (secondary N) is 1. The molecule has 0 aliphatic heterocycles. The highest BCUT2D eigenvalue weighted by molar-refractivity contribution is 7.84. The van der Waals surface area contributed by atoms with Crippen LogP contribution >= 0.6 is 0 Å². The SMILES string of the molecule is Cc1ccc(C(NS(=O)C(C)(C)C)c2ncccc2C(F)(F)F)cc1. The number of aromatic nitrogens is 1. The Kier molecular flexibility index (Phi) is 5.68. The van der Waals surface area contributed by atoms with Gasteiger partial charge < -0.3 is 0 Å². The van der Waals surface area contributed by atoms with E-state index < -0.39 is 33.5 Å².